The van der Waals surface area contributed by atoms with Crippen molar-refractivity contribution < 1.29 is 19.4 Å². The number of hydrogen-bond acceptors (Lipinski definition) is 3. The molecular formula is C12H13NO4. The van der Waals surface area contributed by atoms with Crippen molar-refractivity contribution in [2.75, 3.05) is 7.11 Å². The molecule has 5 heteroatoms. The molecule has 0 saturated carbocycles. The van der Waals surface area contributed by atoms with Crippen LogP contribution in [0.15, 0.2) is 29.8 Å². The van der Waals surface area contributed by atoms with Crippen molar-refractivity contribution in [1.29, 1.82) is 0 Å². The van der Waals surface area contributed by atoms with Crippen molar-refractivity contribution in [3.8, 4) is 5.75 Å². The lowest BCUT2D eigenvalue weighted by atomic mass is 10.1. The molecule has 1 aromatic rings. The van der Waals surface area contributed by atoms with Crippen molar-refractivity contribution in [2.45, 2.75) is 6.42 Å². The second kappa shape index (κ2) is 5.69. The van der Waals surface area contributed by atoms with Crippen LogP contribution in [-0.4, -0.2) is 24.1 Å². The van der Waals surface area contributed by atoms with Crippen LogP contribution in [-0.2, 0) is 9.59 Å². The van der Waals surface area contributed by atoms with Gasteiger partial charge in [-0.3, -0.25) is 4.79 Å². The van der Waals surface area contributed by atoms with E-state index in [1.165, 1.54) is 6.08 Å². The normalized spacial score (nSPS) is 11.0. The van der Waals surface area contributed by atoms with Gasteiger partial charge in [0.2, 0.25) is 5.91 Å². The standard InChI is InChI=1S/C12H13NO4/c1-17-10-4-2-8(3-5-10)6-9(12(15)16)7-11(13)14/h2-6H,7H2,1H3,(H2,13,14)(H,15,16)/b9-6+. The van der Waals surface area contributed by atoms with Gasteiger partial charge in [0.25, 0.3) is 0 Å². The summed E-state index contributed by atoms with van der Waals surface area (Å²) in [7, 11) is 1.54. The van der Waals surface area contributed by atoms with E-state index in [4.69, 9.17) is 15.6 Å². The van der Waals surface area contributed by atoms with Gasteiger partial charge in [0.05, 0.1) is 13.5 Å². The van der Waals surface area contributed by atoms with Crippen LogP contribution >= 0.6 is 0 Å². The lowest BCUT2D eigenvalue weighted by Crippen LogP contribution is -2.14. The third-order valence-electron chi connectivity index (χ3n) is 2.10. The van der Waals surface area contributed by atoms with Gasteiger partial charge in [-0.25, -0.2) is 4.79 Å². The van der Waals surface area contributed by atoms with Crippen LogP contribution in [0.2, 0.25) is 0 Å². The number of carboxylic acid groups (broad SMARTS) is 1. The minimum atomic E-state index is -1.15. The summed E-state index contributed by atoms with van der Waals surface area (Å²) in [5.41, 5.74) is 5.60. The van der Waals surface area contributed by atoms with Crippen LogP contribution in [0, 0.1) is 0 Å². The average molecular weight is 235 g/mol. The van der Waals surface area contributed by atoms with Crippen LogP contribution in [0.4, 0.5) is 0 Å². The third-order valence-corrected chi connectivity index (χ3v) is 2.10. The zero-order valence-electron chi connectivity index (χ0n) is 9.34. The van der Waals surface area contributed by atoms with Crippen molar-refractivity contribution in [2.24, 2.45) is 5.73 Å². The highest BCUT2D eigenvalue weighted by molar-refractivity contribution is 5.97. The average Bonchev–Trinajstić information content (AvgIpc) is 2.28. The summed E-state index contributed by atoms with van der Waals surface area (Å²) >= 11 is 0. The number of ether oxygens (including phenoxy) is 1. The van der Waals surface area contributed by atoms with E-state index < -0.39 is 11.9 Å². The molecule has 1 amide bonds. The SMILES string of the molecule is COc1ccc(/C=C(\CC(N)=O)C(=O)O)cc1. The molecule has 5 nitrogen and oxygen atoms in total. The van der Waals surface area contributed by atoms with Gasteiger partial charge in [-0.15, -0.1) is 0 Å². The molecule has 0 radical (unpaired) electrons. The first-order valence-electron chi connectivity index (χ1n) is 4.89. The predicted octanol–water partition coefficient (Wildman–Crippen LogP) is 1.04. The minimum Gasteiger partial charge on any atom is -0.497 e. The number of benzene rings is 1. The summed E-state index contributed by atoms with van der Waals surface area (Å²) in [5, 5.41) is 8.88. The van der Waals surface area contributed by atoms with Gasteiger partial charge < -0.3 is 15.6 Å². The molecule has 0 fully saturated rings. The van der Waals surface area contributed by atoms with Crippen LogP contribution in [0.3, 0.4) is 0 Å². The Hall–Kier alpha value is -2.30. The molecule has 0 aliphatic heterocycles. The second-order valence-corrected chi connectivity index (χ2v) is 3.39. The smallest absolute Gasteiger partial charge is 0.332 e. The van der Waals surface area contributed by atoms with E-state index in [1.807, 2.05) is 0 Å². The molecule has 0 aliphatic rings. The maximum absolute atomic E-state index is 10.9. The van der Waals surface area contributed by atoms with E-state index in [0.717, 1.165) is 0 Å². The fourth-order valence-corrected chi connectivity index (χ4v) is 1.28. The summed E-state index contributed by atoms with van der Waals surface area (Å²) in [5.74, 6) is -1.15. The highest BCUT2D eigenvalue weighted by Crippen LogP contribution is 2.15. The van der Waals surface area contributed by atoms with E-state index in [1.54, 1.807) is 31.4 Å². The zero-order chi connectivity index (χ0) is 12.8. The molecule has 17 heavy (non-hydrogen) atoms. The maximum atomic E-state index is 10.9. The summed E-state index contributed by atoms with van der Waals surface area (Å²) in [6, 6.07) is 6.80. The lowest BCUT2D eigenvalue weighted by Gasteiger charge is -2.02. The second-order valence-electron chi connectivity index (χ2n) is 3.39. The highest BCUT2D eigenvalue weighted by atomic mass is 16.5. The van der Waals surface area contributed by atoms with Crippen molar-refractivity contribution >= 4 is 18.0 Å². The first-order chi connectivity index (χ1) is 8.02. The Morgan fingerprint density at radius 3 is 2.35 bits per heavy atom. The molecule has 1 rings (SSSR count). The van der Waals surface area contributed by atoms with Crippen molar-refractivity contribution in [3.05, 3.63) is 35.4 Å². The highest BCUT2D eigenvalue weighted by Gasteiger charge is 2.10. The first kappa shape index (κ1) is 12.8. The van der Waals surface area contributed by atoms with E-state index in [2.05, 4.69) is 0 Å². The Bertz CT molecular complexity index is 448. The molecule has 0 aliphatic carbocycles. The number of carbonyl (C=O) groups excluding carboxylic acids is 1. The lowest BCUT2D eigenvalue weighted by molar-refractivity contribution is -0.133. The molecule has 0 aromatic heterocycles. The van der Waals surface area contributed by atoms with E-state index in [-0.39, 0.29) is 12.0 Å². The monoisotopic (exact) mass is 235 g/mol. The molecular weight excluding hydrogens is 222 g/mol. The van der Waals surface area contributed by atoms with E-state index in [9.17, 15) is 9.59 Å². The Morgan fingerprint density at radius 1 is 1.35 bits per heavy atom. The number of methoxy groups -OCH3 is 1. The summed E-state index contributed by atoms with van der Waals surface area (Å²) in [4.78, 5) is 21.6. The summed E-state index contributed by atoms with van der Waals surface area (Å²) in [6.45, 7) is 0. The topological polar surface area (TPSA) is 89.6 Å². The largest absolute Gasteiger partial charge is 0.497 e. The number of hydrogen-bond donors (Lipinski definition) is 2. The quantitative estimate of drug-likeness (QED) is 0.746. The van der Waals surface area contributed by atoms with Gasteiger partial charge in [-0.05, 0) is 23.8 Å². The number of primary amides is 1. The van der Waals surface area contributed by atoms with Gasteiger partial charge in [0, 0.05) is 5.57 Å². The van der Waals surface area contributed by atoms with Gasteiger partial charge >= 0.3 is 5.97 Å². The fraction of sp³-hybridized carbons (Fsp3) is 0.167. The molecule has 1 aromatic carbocycles. The number of carbonyl (C=O) groups is 2. The molecule has 0 atom stereocenters. The molecule has 90 valence electrons. The van der Waals surface area contributed by atoms with Crippen LogP contribution in [0.5, 0.6) is 5.75 Å². The summed E-state index contributed by atoms with van der Waals surface area (Å²) < 4.78 is 4.98. The number of aliphatic carboxylic acids is 1. The van der Waals surface area contributed by atoms with E-state index >= 15 is 0 Å². The Kier molecular flexibility index (Phi) is 4.28. The predicted molar refractivity (Wildman–Crippen MR) is 62.4 cm³/mol. The fourth-order valence-electron chi connectivity index (χ4n) is 1.28. The summed E-state index contributed by atoms with van der Waals surface area (Å²) in [6.07, 6.45) is 1.12. The van der Waals surface area contributed by atoms with Gasteiger partial charge in [-0.2, -0.15) is 0 Å². The Balaban J connectivity index is 2.95. The van der Waals surface area contributed by atoms with Crippen LogP contribution in [0.25, 0.3) is 6.08 Å². The maximum Gasteiger partial charge on any atom is 0.332 e. The Morgan fingerprint density at radius 2 is 1.94 bits per heavy atom. The van der Waals surface area contributed by atoms with Gasteiger partial charge in [-0.1, -0.05) is 12.1 Å². The molecule has 0 bridgehead atoms. The van der Waals surface area contributed by atoms with Crippen LogP contribution < -0.4 is 10.5 Å². The van der Waals surface area contributed by atoms with E-state index in [0.29, 0.717) is 11.3 Å². The molecule has 0 unspecified atom stereocenters. The first-order valence-corrected chi connectivity index (χ1v) is 4.89. The van der Waals surface area contributed by atoms with Crippen LogP contribution in [0.1, 0.15) is 12.0 Å². The number of rotatable bonds is 5. The molecule has 0 saturated heterocycles. The molecule has 0 spiro atoms. The third kappa shape index (κ3) is 3.98. The Labute approximate surface area is 98.5 Å². The van der Waals surface area contributed by atoms with Crippen molar-refractivity contribution in [1.82, 2.24) is 0 Å². The van der Waals surface area contributed by atoms with Gasteiger partial charge in [0.1, 0.15) is 5.75 Å². The number of amides is 1. The number of carboxylic acids is 1. The number of nitrogens with two attached hydrogens (primary N) is 1. The molecule has 0 heterocycles. The molecule has 3 N–H and O–H groups in total. The van der Waals surface area contributed by atoms with Gasteiger partial charge in [0.15, 0.2) is 0 Å². The minimum absolute atomic E-state index is 0.0392. The zero-order valence-corrected chi connectivity index (χ0v) is 9.34. The van der Waals surface area contributed by atoms with Crippen molar-refractivity contribution in [3.63, 3.8) is 0 Å².